The van der Waals surface area contributed by atoms with E-state index in [1.807, 2.05) is 24.3 Å². The lowest BCUT2D eigenvalue weighted by atomic mass is 10.1. The summed E-state index contributed by atoms with van der Waals surface area (Å²) in [5.41, 5.74) is 7.98. The molecule has 0 radical (unpaired) electrons. The van der Waals surface area contributed by atoms with E-state index in [-0.39, 0.29) is 0 Å². The van der Waals surface area contributed by atoms with Crippen molar-refractivity contribution in [2.75, 3.05) is 0 Å². The molecular formula is C17H23NS. The maximum Gasteiger partial charge on any atom is 0.0178 e. The monoisotopic (exact) mass is 273 g/mol. The number of nitrogens with two attached hydrogens (primary N) is 1. The second-order valence-electron chi connectivity index (χ2n) is 4.46. The first kappa shape index (κ1) is 15.8. The summed E-state index contributed by atoms with van der Waals surface area (Å²) in [5, 5.41) is 0. The largest absolute Gasteiger partial charge is 0.326 e. The standard InChI is InChI=1S/C10H14.C7H9NS/c1-2-3-7-10-8-5-4-6-9-10;8-5-6-1-3-7(9)4-2-6/h4-6,8-9H,2-3,7H2,1H3;1-4,9H,5,8H2. The van der Waals surface area contributed by atoms with Gasteiger partial charge in [0, 0.05) is 11.4 Å². The summed E-state index contributed by atoms with van der Waals surface area (Å²) >= 11 is 4.13. The maximum atomic E-state index is 5.37. The number of rotatable bonds is 4. The summed E-state index contributed by atoms with van der Waals surface area (Å²) < 4.78 is 0. The highest BCUT2D eigenvalue weighted by molar-refractivity contribution is 7.80. The van der Waals surface area contributed by atoms with Gasteiger partial charge in [0.25, 0.3) is 0 Å². The summed E-state index contributed by atoms with van der Waals surface area (Å²) in [7, 11) is 0. The molecule has 0 aliphatic rings. The van der Waals surface area contributed by atoms with Crippen LogP contribution in [-0.4, -0.2) is 0 Å². The molecule has 0 spiro atoms. The smallest absolute Gasteiger partial charge is 0.0178 e. The van der Waals surface area contributed by atoms with E-state index in [9.17, 15) is 0 Å². The minimum Gasteiger partial charge on any atom is -0.326 e. The number of hydrogen-bond acceptors (Lipinski definition) is 2. The predicted molar refractivity (Wildman–Crippen MR) is 86.6 cm³/mol. The number of aryl methyl sites for hydroxylation is 1. The molecule has 0 aliphatic heterocycles. The van der Waals surface area contributed by atoms with Gasteiger partial charge in [0.15, 0.2) is 0 Å². The Labute approximate surface area is 122 Å². The van der Waals surface area contributed by atoms with Gasteiger partial charge in [0.2, 0.25) is 0 Å². The molecule has 19 heavy (non-hydrogen) atoms. The van der Waals surface area contributed by atoms with Crippen molar-refractivity contribution in [2.45, 2.75) is 37.6 Å². The SMILES string of the molecule is CCCCc1ccccc1.NCc1ccc(S)cc1. The Morgan fingerprint density at radius 3 is 2.05 bits per heavy atom. The lowest BCUT2D eigenvalue weighted by Crippen LogP contribution is -1.94. The van der Waals surface area contributed by atoms with E-state index < -0.39 is 0 Å². The zero-order valence-corrected chi connectivity index (χ0v) is 12.4. The van der Waals surface area contributed by atoms with Crippen LogP contribution in [0.5, 0.6) is 0 Å². The van der Waals surface area contributed by atoms with Crippen molar-refractivity contribution in [3.63, 3.8) is 0 Å². The van der Waals surface area contributed by atoms with Crippen LogP contribution in [-0.2, 0) is 13.0 Å². The van der Waals surface area contributed by atoms with E-state index in [1.165, 1.54) is 24.8 Å². The summed E-state index contributed by atoms with van der Waals surface area (Å²) in [4.78, 5) is 0.979. The first-order valence-corrected chi connectivity index (χ1v) is 7.23. The number of benzene rings is 2. The fourth-order valence-electron chi connectivity index (χ4n) is 1.66. The highest BCUT2D eigenvalue weighted by atomic mass is 32.1. The predicted octanol–water partition coefficient (Wildman–Crippen LogP) is 4.46. The molecule has 0 fully saturated rings. The molecule has 0 aromatic heterocycles. The topological polar surface area (TPSA) is 26.0 Å². The molecule has 0 saturated heterocycles. The van der Waals surface area contributed by atoms with Crippen molar-refractivity contribution in [3.8, 4) is 0 Å². The van der Waals surface area contributed by atoms with Crippen LogP contribution in [0.3, 0.4) is 0 Å². The van der Waals surface area contributed by atoms with Crippen LogP contribution >= 0.6 is 12.6 Å². The summed E-state index contributed by atoms with van der Waals surface area (Å²) in [5.74, 6) is 0. The average Bonchev–Trinajstić information content (AvgIpc) is 2.48. The molecule has 2 aromatic rings. The highest BCUT2D eigenvalue weighted by Gasteiger charge is 1.87. The van der Waals surface area contributed by atoms with E-state index in [0.29, 0.717) is 6.54 Å². The third kappa shape index (κ3) is 7.04. The van der Waals surface area contributed by atoms with Gasteiger partial charge in [-0.1, -0.05) is 55.8 Å². The van der Waals surface area contributed by atoms with Crippen LogP contribution < -0.4 is 5.73 Å². The molecule has 0 saturated carbocycles. The quantitative estimate of drug-likeness (QED) is 0.790. The Balaban J connectivity index is 0.000000191. The zero-order chi connectivity index (χ0) is 13.9. The van der Waals surface area contributed by atoms with Gasteiger partial charge in [-0.25, -0.2) is 0 Å². The molecule has 2 aromatic carbocycles. The zero-order valence-electron chi connectivity index (χ0n) is 11.5. The van der Waals surface area contributed by atoms with Crippen molar-refractivity contribution in [2.24, 2.45) is 5.73 Å². The molecule has 2 N–H and O–H groups in total. The molecule has 2 heteroatoms. The first-order chi connectivity index (χ1) is 9.26. The number of unbranched alkanes of at least 4 members (excludes halogenated alkanes) is 1. The molecule has 0 atom stereocenters. The molecular weight excluding hydrogens is 250 g/mol. The van der Waals surface area contributed by atoms with Crippen molar-refractivity contribution in [1.82, 2.24) is 0 Å². The van der Waals surface area contributed by atoms with E-state index in [1.54, 1.807) is 0 Å². The van der Waals surface area contributed by atoms with E-state index in [2.05, 4.69) is 49.9 Å². The molecule has 0 bridgehead atoms. The van der Waals surface area contributed by atoms with Gasteiger partial charge in [0.1, 0.15) is 0 Å². The van der Waals surface area contributed by atoms with Gasteiger partial charge < -0.3 is 5.73 Å². The lowest BCUT2D eigenvalue weighted by molar-refractivity contribution is 0.795. The molecule has 102 valence electrons. The molecule has 2 rings (SSSR count). The Morgan fingerprint density at radius 1 is 0.895 bits per heavy atom. The second-order valence-corrected chi connectivity index (χ2v) is 4.98. The molecule has 0 unspecified atom stereocenters. The van der Waals surface area contributed by atoms with Gasteiger partial charge >= 0.3 is 0 Å². The lowest BCUT2D eigenvalue weighted by Gasteiger charge is -1.96. The summed E-state index contributed by atoms with van der Waals surface area (Å²) in [6, 6.07) is 18.5. The van der Waals surface area contributed by atoms with Crippen molar-refractivity contribution in [3.05, 3.63) is 65.7 Å². The fraction of sp³-hybridized carbons (Fsp3) is 0.294. The summed E-state index contributed by atoms with van der Waals surface area (Å²) in [6.07, 6.45) is 3.83. The van der Waals surface area contributed by atoms with Crippen molar-refractivity contribution < 1.29 is 0 Å². The van der Waals surface area contributed by atoms with Gasteiger partial charge in [-0.05, 0) is 36.1 Å². The van der Waals surface area contributed by atoms with Gasteiger partial charge in [-0.2, -0.15) is 0 Å². The molecule has 1 nitrogen and oxygen atoms in total. The van der Waals surface area contributed by atoms with Gasteiger partial charge in [0.05, 0.1) is 0 Å². The number of hydrogen-bond donors (Lipinski definition) is 2. The van der Waals surface area contributed by atoms with Crippen LogP contribution in [0.4, 0.5) is 0 Å². The van der Waals surface area contributed by atoms with E-state index in [4.69, 9.17) is 5.73 Å². The fourth-order valence-corrected chi connectivity index (χ4v) is 1.81. The maximum absolute atomic E-state index is 5.37. The third-order valence-electron chi connectivity index (χ3n) is 2.83. The van der Waals surface area contributed by atoms with Crippen molar-refractivity contribution >= 4 is 12.6 Å². The van der Waals surface area contributed by atoms with E-state index >= 15 is 0 Å². The second kappa shape index (κ2) is 9.65. The normalized spacial score (nSPS) is 9.63. The Kier molecular flexibility index (Phi) is 8.03. The molecule has 0 amide bonds. The van der Waals surface area contributed by atoms with Crippen LogP contribution in [0.15, 0.2) is 59.5 Å². The van der Waals surface area contributed by atoms with Crippen LogP contribution in [0.2, 0.25) is 0 Å². The van der Waals surface area contributed by atoms with Gasteiger partial charge in [-0.15, -0.1) is 12.6 Å². The van der Waals surface area contributed by atoms with Crippen LogP contribution in [0.25, 0.3) is 0 Å². The van der Waals surface area contributed by atoms with Crippen LogP contribution in [0.1, 0.15) is 30.9 Å². The molecule has 0 aliphatic carbocycles. The highest BCUT2D eigenvalue weighted by Crippen LogP contribution is 2.06. The first-order valence-electron chi connectivity index (χ1n) is 6.78. The average molecular weight is 273 g/mol. The van der Waals surface area contributed by atoms with Crippen molar-refractivity contribution in [1.29, 1.82) is 0 Å². The minimum atomic E-state index is 0.605. The van der Waals surface area contributed by atoms with Gasteiger partial charge in [-0.3, -0.25) is 0 Å². The van der Waals surface area contributed by atoms with E-state index in [0.717, 1.165) is 10.5 Å². The molecule has 0 heterocycles. The third-order valence-corrected chi connectivity index (χ3v) is 3.13. The van der Waals surface area contributed by atoms with Crippen LogP contribution in [0, 0.1) is 0 Å². The Hall–Kier alpha value is -1.25. The number of thiol groups is 1. The summed E-state index contributed by atoms with van der Waals surface area (Å²) in [6.45, 7) is 2.83. The Morgan fingerprint density at radius 2 is 1.53 bits per heavy atom. The minimum absolute atomic E-state index is 0.605. The Bertz CT molecular complexity index is 437.